The molecular formula is C26H24BrFN4O3S. The predicted molar refractivity (Wildman–Crippen MR) is 141 cm³/mol. The summed E-state index contributed by atoms with van der Waals surface area (Å²) in [6.07, 6.45) is 0. The smallest absolute Gasteiger partial charge is 0.220 e. The van der Waals surface area contributed by atoms with E-state index in [4.69, 9.17) is 4.74 Å². The van der Waals surface area contributed by atoms with E-state index in [-0.39, 0.29) is 23.9 Å². The molecule has 0 saturated heterocycles. The van der Waals surface area contributed by atoms with Gasteiger partial charge in [-0.2, -0.15) is 0 Å². The van der Waals surface area contributed by atoms with Gasteiger partial charge in [0.05, 0.1) is 0 Å². The number of hydrogen-bond acceptors (Lipinski definition) is 6. The van der Waals surface area contributed by atoms with Crippen molar-refractivity contribution < 1.29 is 14.1 Å². The van der Waals surface area contributed by atoms with Gasteiger partial charge in [-0.3, -0.25) is 14.7 Å². The van der Waals surface area contributed by atoms with Gasteiger partial charge < -0.3 is 4.74 Å². The van der Waals surface area contributed by atoms with Gasteiger partial charge in [0.1, 0.15) is 29.2 Å². The molecule has 0 amide bonds. The molecule has 0 unspecified atom stereocenters. The van der Waals surface area contributed by atoms with Gasteiger partial charge in [0.25, 0.3) is 0 Å². The summed E-state index contributed by atoms with van der Waals surface area (Å²) in [5, 5.41) is 20.1. The van der Waals surface area contributed by atoms with Crippen LogP contribution >= 0.6 is 27.7 Å². The van der Waals surface area contributed by atoms with Gasteiger partial charge in [0.15, 0.2) is 5.16 Å². The number of aryl methyl sites for hydroxylation is 3. The first-order valence-electron chi connectivity index (χ1n) is 11.2. The largest absolute Gasteiger partial charge is 0.488 e. The summed E-state index contributed by atoms with van der Waals surface area (Å²) in [6.45, 7) is 5.54. The summed E-state index contributed by atoms with van der Waals surface area (Å²) in [7, 11) is 0. The fourth-order valence-corrected chi connectivity index (χ4v) is 5.29. The van der Waals surface area contributed by atoms with Crippen LogP contribution in [0.4, 0.5) is 4.39 Å². The van der Waals surface area contributed by atoms with Gasteiger partial charge in [0.2, 0.25) is 6.54 Å². The summed E-state index contributed by atoms with van der Waals surface area (Å²) in [5.41, 5.74) is 4.17. The van der Waals surface area contributed by atoms with Crippen LogP contribution in [0.3, 0.4) is 0 Å². The first-order valence-corrected chi connectivity index (χ1v) is 12.8. The minimum Gasteiger partial charge on any atom is -0.488 e. The highest BCUT2D eigenvalue weighted by atomic mass is 79.9. The molecule has 4 rings (SSSR count). The maximum atomic E-state index is 14.1. The molecule has 0 saturated carbocycles. The van der Waals surface area contributed by atoms with Crippen LogP contribution in [0.25, 0.3) is 5.69 Å². The van der Waals surface area contributed by atoms with E-state index in [1.807, 2.05) is 43.5 Å². The number of aromatic nitrogens is 3. The van der Waals surface area contributed by atoms with Crippen LogP contribution in [0.1, 0.15) is 33.3 Å². The molecule has 1 aromatic heterocycles. The molecule has 0 bridgehead atoms. The van der Waals surface area contributed by atoms with E-state index in [1.54, 1.807) is 36.4 Å². The lowest BCUT2D eigenvalue weighted by molar-refractivity contribution is -0.479. The molecule has 0 aliphatic rings. The molecule has 10 heteroatoms. The van der Waals surface area contributed by atoms with E-state index >= 15 is 0 Å². The molecule has 4 aromatic rings. The Kier molecular flexibility index (Phi) is 8.05. The standard InChI is InChI=1S/C26H24BrFN4O3S/c1-16-8-10-21(12-17(16)2)32-18(3)29-30-26(32)36-25(14-31(33)34)22-13-20(27)9-11-24(22)35-15-19-6-4-5-7-23(19)28/h4-13,25H,14-15H2,1-3H3/t25-/m1/s1. The second-order valence-corrected chi connectivity index (χ2v) is 10.4. The third-order valence-corrected chi connectivity index (χ3v) is 7.42. The molecule has 0 aliphatic carbocycles. The quantitative estimate of drug-likeness (QED) is 0.125. The molecule has 0 radical (unpaired) electrons. The van der Waals surface area contributed by atoms with Crippen molar-refractivity contribution in [1.29, 1.82) is 0 Å². The van der Waals surface area contributed by atoms with Crippen LogP contribution in [0, 0.1) is 36.7 Å². The van der Waals surface area contributed by atoms with Crippen LogP contribution < -0.4 is 4.74 Å². The van der Waals surface area contributed by atoms with Gasteiger partial charge in [-0.25, -0.2) is 4.39 Å². The van der Waals surface area contributed by atoms with Crippen LogP contribution in [-0.2, 0) is 6.61 Å². The lowest BCUT2D eigenvalue weighted by Crippen LogP contribution is -2.13. The number of rotatable bonds is 9. The Hall–Kier alpha value is -3.24. The summed E-state index contributed by atoms with van der Waals surface area (Å²) in [5.74, 6) is 0.741. The van der Waals surface area contributed by atoms with E-state index < -0.39 is 5.25 Å². The van der Waals surface area contributed by atoms with Gasteiger partial charge in [-0.05, 0) is 68.3 Å². The number of ether oxygens (including phenoxy) is 1. The molecule has 1 heterocycles. The highest BCUT2D eigenvalue weighted by molar-refractivity contribution is 9.10. The Morgan fingerprint density at radius 3 is 2.58 bits per heavy atom. The highest BCUT2D eigenvalue weighted by Gasteiger charge is 2.27. The number of halogens is 2. The third kappa shape index (κ3) is 5.93. The second-order valence-electron chi connectivity index (χ2n) is 8.32. The van der Waals surface area contributed by atoms with Crippen LogP contribution in [0.2, 0.25) is 0 Å². The average Bonchev–Trinajstić information content (AvgIpc) is 3.20. The molecule has 0 spiro atoms. The van der Waals surface area contributed by atoms with Crippen LogP contribution in [-0.4, -0.2) is 26.2 Å². The maximum Gasteiger partial charge on any atom is 0.220 e. The Balaban J connectivity index is 1.70. The highest BCUT2D eigenvalue weighted by Crippen LogP contribution is 2.41. The molecule has 1 atom stereocenters. The average molecular weight is 571 g/mol. The zero-order chi connectivity index (χ0) is 25.8. The summed E-state index contributed by atoms with van der Waals surface area (Å²) >= 11 is 4.71. The summed E-state index contributed by atoms with van der Waals surface area (Å²) < 4.78 is 22.7. The molecule has 0 fully saturated rings. The fourth-order valence-electron chi connectivity index (χ4n) is 3.72. The topological polar surface area (TPSA) is 83.1 Å². The van der Waals surface area contributed by atoms with Crippen molar-refractivity contribution in [3.63, 3.8) is 0 Å². The van der Waals surface area contributed by atoms with Gasteiger partial charge >= 0.3 is 0 Å². The van der Waals surface area contributed by atoms with E-state index in [9.17, 15) is 14.5 Å². The van der Waals surface area contributed by atoms with Crippen molar-refractivity contribution in [2.24, 2.45) is 0 Å². The van der Waals surface area contributed by atoms with Gasteiger partial charge in [-0.15, -0.1) is 10.2 Å². The predicted octanol–water partition coefficient (Wildman–Crippen LogP) is 6.78. The Bertz CT molecular complexity index is 1410. The van der Waals surface area contributed by atoms with Crippen LogP contribution in [0.5, 0.6) is 5.75 Å². The zero-order valence-electron chi connectivity index (χ0n) is 19.9. The fraction of sp³-hybridized carbons (Fsp3) is 0.231. The number of hydrogen-bond donors (Lipinski definition) is 0. The Labute approximate surface area is 221 Å². The lowest BCUT2D eigenvalue weighted by Gasteiger charge is -2.19. The van der Waals surface area contributed by atoms with Crippen molar-refractivity contribution in [2.75, 3.05) is 6.54 Å². The molecule has 36 heavy (non-hydrogen) atoms. The van der Waals surface area contributed by atoms with E-state index in [0.29, 0.717) is 27.9 Å². The normalized spacial score (nSPS) is 11.9. The number of thioether (sulfide) groups is 1. The van der Waals surface area contributed by atoms with Crippen molar-refractivity contribution >= 4 is 27.7 Å². The Morgan fingerprint density at radius 1 is 1.08 bits per heavy atom. The molecule has 0 N–H and O–H groups in total. The lowest BCUT2D eigenvalue weighted by atomic mass is 10.1. The molecular weight excluding hydrogens is 547 g/mol. The number of nitrogens with zero attached hydrogens (tertiary/aromatic N) is 4. The number of nitro groups is 1. The molecule has 7 nitrogen and oxygen atoms in total. The van der Waals surface area contributed by atoms with Gasteiger partial charge in [-0.1, -0.05) is 52.0 Å². The summed E-state index contributed by atoms with van der Waals surface area (Å²) in [4.78, 5) is 11.3. The first kappa shape index (κ1) is 25.8. The van der Waals surface area contributed by atoms with E-state index in [1.165, 1.54) is 17.8 Å². The van der Waals surface area contributed by atoms with Crippen molar-refractivity contribution in [2.45, 2.75) is 37.8 Å². The maximum absolute atomic E-state index is 14.1. The summed E-state index contributed by atoms with van der Waals surface area (Å²) in [6, 6.07) is 17.7. The zero-order valence-corrected chi connectivity index (χ0v) is 22.3. The molecule has 3 aromatic carbocycles. The van der Waals surface area contributed by atoms with Crippen LogP contribution in [0.15, 0.2) is 70.3 Å². The van der Waals surface area contributed by atoms with Crippen molar-refractivity contribution in [3.8, 4) is 11.4 Å². The number of benzene rings is 3. The minimum atomic E-state index is -0.637. The first-order chi connectivity index (χ1) is 17.2. The van der Waals surface area contributed by atoms with Crippen molar-refractivity contribution in [1.82, 2.24) is 14.8 Å². The third-order valence-electron chi connectivity index (χ3n) is 5.77. The van der Waals surface area contributed by atoms with Gasteiger partial charge in [0, 0.05) is 26.2 Å². The Morgan fingerprint density at radius 2 is 1.86 bits per heavy atom. The second kappa shape index (κ2) is 11.2. The SMILES string of the molecule is Cc1ccc(-n2c(C)nnc2S[C@H](C[N+](=O)[O-])c2cc(Br)ccc2OCc2ccccc2F)cc1C. The van der Waals surface area contributed by atoms with E-state index in [2.05, 4.69) is 26.1 Å². The monoisotopic (exact) mass is 570 g/mol. The molecule has 0 aliphatic heterocycles. The molecule has 186 valence electrons. The van der Waals surface area contributed by atoms with E-state index in [0.717, 1.165) is 21.3 Å². The van der Waals surface area contributed by atoms with Crippen molar-refractivity contribution in [3.05, 3.63) is 109 Å². The minimum absolute atomic E-state index is 0.00487.